The first-order chi connectivity index (χ1) is 52.4. The summed E-state index contributed by atoms with van der Waals surface area (Å²) in [6.45, 7) is 0. The minimum atomic E-state index is 1.24. The molecule has 0 aromatic heterocycles. The first kappa shape index (κ1) is 63.2. The number of hydrogen-bond acceptors (Lipinski definition) is 0. The maximum absolute atomic E-state index is 2.31. The van der Waals surface area contributed by atoms with E-state index in [4.69, 9.17) is 0 Å². The second kappa shape index (κ2) is 27.5. The van der Waals surface area contributed by atoms with Gasteiger partial charge in [0.2, 0.25) is 0 Å². The van der Waals surface area contributed by atoms with Gasteiger partial charge in [-0.25, -0.2) is 0 Å². The Balaban J connectivity index is 0.000000110. The van der Waals surface area contributed by atoms with E-state index in [-0.39, 0.29) is 0 Å². The van der Waals surface area contributed by atoms with Crippen LogP contribution >= 0.6 is 0 Å². The molecular formula is C106H70. The highest BCUT2D eigenvalue weighted by molar-refractivity contribution is 6.00. The van der Waals surface area contributed by atoms with Crippen molar-refractivity contribution in [1.82, 2.24) is 0 Å². The summed E-state index contributed by atoms with van der Waals surface area (Å²) >= 11 is 0. The highest BCUT2D eigenvalue weighted by atomic mass is 14.2. The van der Waals surface area contributed by atoms with E-state index in [1.54, 1.807) is 0 Å². The Hall–Kier alpha value is -13.8. The molecule has 0 heteroatoms. The molecule has 0 aliphatic rings. The van der Waals surface area contributed by atoms with Gasteiger partial charge in [-0.3, -0.25) is 0 Å². The van der Waals surface area contributed by atoms with Gasteiger partial charge < -0.3 is 0 Å². The highest BCUT2D eigenvalue weighted by Gasteiger charge is 2.12. The Morgan fingerprint density at radius 3 is 0.311 bits per heavy atom. The standard InChI is InChI=1S/C40H26.C36H24.C30H20/c1-3-7-29-21-31(11-9-27(29)5-1)33-13-15-37-25-39(19-17-35(37)23-33)40-20-18-36-24-34(14-16-38(36)26-40)32-12-10-28-6-2-4-8-30(28)22-32;1-3-8-27-20-31(14-12-25(27)6-1)29-10-5-11-30(22-29)32-16-17-36-24-35(19-18-34(36)23-32)33-15-13-26-7-2-4-9-28(26)21-33;1-3-7-23-17-25(11-9-21(23)5-1)27-13-15-30-20-28(14-16-29(30)19-27)26-12-10-22-6-2-4-8-24(22)18-26/h1-26H;1-24H;1-20H. The van der Waals surface area contributed by atoms with Gasteiger partial charge in [0.05, 0.1) is 0 Å². The average molecular weight is 1340 g/mol. The van der Waals surface area contributed by atoms with Crippen molar-refractivity contribution in [3.63, 3.8) is 0 Å². The van der Waals surface area contributed by atoms with E-state index in [9.17, 15) is 0 Å². The zero-order chi connectivity index (χ0) is 70.3. The third-order valence-corrected chi connectivity index (χ3v) is 21.4. The predicted octanol–water partition coefficient (Wildman–Crippen LogP) is 29.9. The number of fused-ring (bicyclic) bond motifs is 10. The normalized spacial score (nSPS) is 11.4. The molecule has 0 saturated carbocycles. The van der Waals surface area contributed by atoms with Gasteiger partial charge in [-0.05, 0) is 288 Å². The van der Waals surface area contributed by atoms with Gasteiger partial charge in [0.15, 0.2) is 0 Å². The van der Waals surface area contributed by atoms with Crippen LogP contribution in [0.3, 0.4) is 0 Å². The van der Waals surface area contributed by atoms with Crippen molar-refractivity contribution in [2.24, 2.45) is 0 Å². The van der Waals surface area contributed by atoms with Gasteiger partial charge >= 0.3 is 0 Å². The van der Waals surface area contributed by atoms with Crippen LogP contribution < -0.4 is 0 Å². The molecule has 21 rings (SSSR count). The second-order valence-electron chi connectivity index (χ2n) is 28.1. The van der Waals surface area contributed by atoms with Crippen molar-refractivity contribution in [2.75, 3.05) is 0 Å². The zero-order valence-electron chi connectivity index (χ0n) is 58.4. The van der Waals surface area contributed by atoms with Gasteiger partial charge in [-0.1, -0.05) is 334 Å². The van der Waals surface area contributed by atoms with Crippen LogP contribution in [0.4, 0.5) is 0 Å². The lowest BCUT2D eigenvalue weighted by Gasteiger charge is -2.10. The molecule has 21 aromatic rings. The third-order valence-electron chi connectivity index (χ3n) is 21.4. The van der Waals surface area contributed by atoms with Crippen LogP contribution in [0, 0.1) is 0 Å². The number of rotatable bonds is 8. The third kappa shape index (κ3) is 12.9. The maximum atomic E-state index is 2.31. The van der Waals surface area contributed by atoms with Crippen LogP contribution in [0.25, 0.3) is 197 Å². The molecule has 0 unspecified atom stereocenters. The molecule has 0 radical (unpaired) electrons. The zero-order valence-corrected chi connectivity index (χ0v) is 58.4. The van der Waals surface area contributed by atoms with Crippen LogP contribution in [0.15, 0.2) is 425 Å². The van der Waals surface area contributed by atoms with Crippen molar-refractivity contribution in [3.05, 3.63) is 425 Å². The summed E-state index contributed by atoms with van der Waals surface area (Å²) < 4.78 is 0. The summed E-state index contributed by atoms with van der Waals surface area (Å²) in [5, 5.41) is 25.4. The minimum Gasteiger partial charge on any atom is -0.0616 e. The Morgan fingerprint density at radius 2 is 0.170 bits per heavy atom. The Bertz CT molecular complexity index is 6690. The summed E-state index contributed by atoms with van der Waals surface area (Å²) in [6.07, 6.45) is 0. The molecule has 0 fully saturated rings. The number of benzene rings is 21. The van der Waals surface area contributed by atoms with E-state index in [1.165, 1.54) is 197 Å². The van der Waals surface area contributed by atoms with E-state index < -0.39 is 0 Å². The van der Waals surface area contributed by atoms with Crippen LogP contribution in [0.5, 0.6) is 0 Å². The van der Waals surface area contributed by atoms with E-state index in [2.05, 4.69) is 425 Å². The maximum Gasteiger partial charge on any atom is -0.0177 e. The molecule has 0 heterocycles. The monoisotopic (exact) mass is 1340 g/mol. The van der Waals surface area contributed by atoms with Gasteiger partial charge in [-0.2, -0.15) is 0 Å². The van der Waals surface area contributed by atoms with E-state index in [1.807, 2.05) is 0 Å². The molecule has 0 aliphatic heterocycles. The van der Waals surface area contributed by atoms with Crippen molar-refractivity contribution in [1.29, 1.82) is 0 Å². The van der Waals surface area contributed by atoms with Crippen molar-refractivity contribution < 1.29 is 0 Å². The SMILES string of the molecule is c1cc(-c2ccc3ccccc3c2)cc(-c2ccc3cc(-c4ccc5ccccc5c4)ccc3c2)c1.c1ccc2cc(-c3ccc4cc(-c5ccc6cc(-c7ccc8ccccc8c7)ccc6c5)ccc4c3)ccc2c1.c1ccc2cc(-c3ccc4cc(-c5ccc6ccccc6c5)ccc4c3)ccc2c1. The van der Waals surface area contributed by atoms with Gasteiger partial charge in [-0.15, -0.1) is 0 Å². The molecule has 106 heavy (non-hydrogen) atoms. The predicted molar refractivity (Wildman–Crippen MR) is 458 cm³/mol. The van der Waals surface area contributed by atoms with E-state index >= 15 is 0 Å². The summed E-state index contributed by atoms with van der Waals surface area (Å²) in [7, 11) is 0. The summed E-state index contributed by atoms with van der Waals surface area (Å²) in [6, 6.07) is 155. The molecule has 0 amide bonds. The Kier molecular flexibility index (Phi) is 16.4. The summed E-state index contributed by atoms with van der Waals surface area (Å²) in [4.78, 5) is 0. The fourth-order valence-corrected chi connectivity index (χ4v) is 15.5. The molecule has 0 bridgehead atoms. The van der Waals surface area contributed by atoms with Gasteiger partial charge in [0.1, 0.15) is 0 Å². The quantitative estimate of drug-likeness (QED) is 0.142. The smallest absolute Gasteiger partial charge is 0.0177 e. The van der Waals surface area contributed by atoms with Crippen LogP contribution in [-0.4, -0.2) is 0 Å². The van der Waals surface area contributed by atoms with Crippen molar-refractivity contribution >= 4 is 108 Å². The lowest BCUT2D eigenvalue weighted by atomic mass is 9.94. The second-order valence-corrected chi connectivity index (χ2v) is 28.1. The lowest BCUT2D eigenvalue weighted by molar-refractivity contribution is 1.61. The Labute approximate surface area is 617 Å². The molecule has 0 saturated heterocycles. The largest absolute Gasteiger partial charge is 0.0616 e. The van der Waals surface area contributed by atoms with Crippen molar-refractivity contribution in [3.8, 4) is 89.0 Å². The molecule has 21 aromatic carbocycles. The first-order valence-corrected chi connectivity index (χ1v) is 36.6. The summed E-state index contributed by atoms with van der Waals surface area (Å²) in [5.41, 5.74) is 20.0. The molecule has 0 N–H and O–H groups in total. The van der Waals surface area contributed by atoms with Crippen LogP contribution in [0.1, 0.15) is 0 Å². The summed E-state index contributed by atoms with van der Waals surface area (Å²) in [5.74, 6) is 0. The molecule has 494 valence electrons. The highest BCUT2D eigenvalue weighted by Crippen LogP contribution is 2.38. The fraction of sp³-hybridized carbons (Fsp3) is 0. The van der Waals surface area contributed by atoms with Crippen molar-refractivity contribution in [2.45, 2.75) is 0 Å². The Morgan fingerprint density at radius 1 is 0.0660 bits per heavy atom. The molecule has 0 spiro atoms. The molecule has 0 aliphatic carbocycles. The van der Waals surface area contributed by atoms with Crippen LogP contribution in [-0.2, 0) is 0 Å². The fourth-order valence-electron chi connectivity index (χ4n) is 15.5. The van der Waals surface area contributed by atoms with Crippen LogP contribution in [0.2, 0.25) is 0 Å². The van der Waals surface area contributed by atoms with E-state index in [0.717, 1.165) is 0 Å². The van der Waals surface area contributed by atoms with E-state index in [0.29, 0.717) is 0 Å². The topological polar surface area (TPSA) is 0 Å². The molecule has 0 nitrogen and oxygen atoms in total. The average Bonchev–Trinajstić information content (AvgIpc) is 0.795. The number of hydrogen-bond donors (Lipinski definition) is 0. The molecular weight excluding hydrogens is 1270 g/mol. The minimum absolute atomic E-state index is 1.24. The van der Waals surface area contributed by atoms with Gasteiger partial charge in [0.25, 0.3) is 0 Å². The molecule has 0 atom stereocenters. The first-order valence-electron chi connectivity index (χ1n) is 36.6. The van der Waals surface area contributed by atoms with Gasteiger partial charge in [0, 0.05) is 0 Å². The lowest BCUT2D eigenvalue weighted by Crippen LogP contribution is -1.84.